The molecule has 15 heavy (non-hydrogen) atoms. The van der Waals surface area contributed by atoms with Crippen molar-refractivity contribution >= 4 is 11.3 Å². The minimum Gasteiger partial charge on any atom is -0.392 e. The molecule has 2 nitrogen and oxygen atoms in total. The number of hydrogen-bond acceptors (Lipinski definition) is 3. The van der Waals surface area contributed by atoms with E-state index < -0.39 is 0 Å². The van der Waals surface area contributed by atoms with Gasteiger partial charge in [0, 0.05) is 13.1 Å². The summed E-state index contributed by atoms with van der Waals surface area (Å²) in [7, 11) is 2.04. The van der Waals surface area contributed by atoms with Crippen molar-refractivity contribution in [3.8, 4) is 0 Å². The zero-order chi connectivity index (χ0) is 11.1. The molecule has 0 spiro atoms. The molecule has 0 fully saturated rings. The van der Waals surface area contributed by atoms with E-state index in [0.717, 1.165) is 25.9 Å². The van der Waals surface area contributed by atoms with Gasteiger partial charge in [0.1, 0.15) is 0 Å². The Morgan fingerprint density at radius 2 is 2.47 bits per heavy atom. The first-order chi connectivity index (χ1) is 7.22. The van der Waals surface area contributed by atoms with Gasteiger partial charge in [0.15, 0.2) is 0 Å². The Morgan fingerprint density at radius 3 is 3.07 bits per heavy atom. The summed E-state index contributed by atoms with van der Waals surface area (Å²) in [6.07, 6.45) is 3.29. The van der Waals surface area contributed by atoms with Gasteiger partial charge in [0.2, 0.25) is 0 Å². The second-order valence-corrected chi connectivity index (χ2v) is 4.63. The summed E-state index contributed by atoms with van der Waals surface area (Å²) in [5, 5.41) is 13.9. The first-order valence-electron chi connectivity index (χ1n) is 5.21. The van der Waals surface area contributed by atoms with E-state index in [1.807, 2.05) is 13.1 Å². The van der Waals surface area contributed by atoms with Crippen LogP contribution in [-0.2, 0) is 6.54 Å². The molecule has 1 aromatic heterocycles. The monoisotopic (exact) mass is 225 g/mol. The highest BCUT2D eigenvalue weighted by molar-refractivity contribution is 7.07. The van der Waals surface area contributed by atoms with Crippen molar-refractivity contribution in [2.24, 2.45) is 0 Å². The Balaban J connectivity index is 2.23. The molecule has 1 aromatic rings. The number of rotatable bonds is 7. The molecule has 1 rings (SSSR count). The maximum absolute atomic E-state index is 9.69. The maximum Gasteiger partial charge on any atom is 0.0670 e. The average molecular weight is 225 g/mol. The summed E-state index contributed by atoms with van der Waals surface area (Å²) in [6, 6.07) is 2.12. The van der Waals surface area contributed by atoms with E-state index in [-0.39, 0.29) is 6.10 Å². The Morgan fingerprint density at radius 1 is 1.67 bits per heavy atom. The summed E-state index contributed by atoms with van der Waals surface area (Å²) in [5.41, 5.74) is 1.32. The highest BCUT2D eigenvalue weighted by Crippen LogP contribution is 2.09. The minimum absolute atomic E-state index is 0.244. The zero-order valence-electron chi connectivity index (χ0n) is 9.22. The average Bonchev–Trinajstić information content (AvgIpc) is 2.67. The molecule has 0 aliphatic heterocycles. The second-order valence-electron chi connectivity index (χ2n) is 3.85. The highest BCUT2D eigenvalue weighted by atomic mass is 32.1. The molecule has 0 aliphatic rings. The molecule has 0 aromatic carbocycles. The maximum atomic E-state index is 9.69. The van der Waals surface area contributed by atoms with E-state index in [1.54, 1.807) is 11.3 Å². The van der Waals surface area contributed by atoms with Gasteiger partial charge in [-0.2, -0.15) is 11.3 Å². The largest absolute Gasteiger partial charge is 0.392 e. The predicted octanol–water partition coefficient (Wildman–Crippen LogP) is 2.51. The van der Waals surface area contributed by atoms with Crippen LogP contribution < -0.4 is 0 Å². The summed E-state index contributed by atoms with van der Waals surface area (Å²) in [6.45, 7) is 5.29. The minimum atomic E-state index is -0.244. The lowest BCUT2D eigenvalue weighted by atomic mass is 10.2. The second kappa shape index (κ2) is 6.77. The molecule has 0 bridgehead atoms. The molecule has 0 aliphatic carbocycles. The van der Waals surface area contributed by atoms with E-state index in [0.29, 0.717) is 0 Å². The molecule has 0 saturated carbocycles. The van der Waals surface area contributed by atoms with Gasteiger partial charge in [0.05, 0.1) is 6.10 Å². The van der Waals surface area contributed by atoms with Crippen molar-refractivity contribution in [2.45, 2.75) is 25.5 Å². The molecule has 3 heteroatoms. The van der Waals surface area contributed by atoms with Crippen LogP contribution in [0.3, 0.4) is 0 Å². The molecular formula is C12H19NOS. The number of aliphatic hydroxyl groups excluding tert-OH is 1. The lowest BCUT2D eigenvalue weighted by Crippen LogP contribution is -2.28. The molecule has 1 N–H and O–H groups in total. The first kappa shape index (κ1) is 12.4. The van der Waals surface area contributed by atoms with Crippen molar-refractivity contribution in [2.75, 3.05) is 13.6 Å². The van der Waals surface area contributed by atoms with Crippen molar-refractivity contribution in [1.82, 2.24) is 4.90 Å². The Labute approximate surface area is 95.9 Å². The molecule has 0 amide bonds. The molecular weight excluding hydrogens is 206 g/mol. The summed E-state index contributed by atoms with van der Waals surface area (Å²) < 4.78 is 0. The fourth-order valence-electron chi connectivity index (χ4n) is 1.52. The number of allylic oxidation sites excluding steroid dienone is 1. The number of aliphatic hydroxyl groups is 1. The standard InChI is InChI=1S/C12H19NOS/c1-3-4-5-12(14)9-13(2)8-11-6-7-15-10-11/h3,6-7,10,12,14H,1,4-5,8-9H2,2H3. The van der Waals surface area contributed by atoms with E-state index in [4.69, 9.17) is 0 Å². The van der Waals surface area contributed by atoms with E-state index >= 15 is 0 Å². The molecule has 1 atom stereocenters. The number of thiophene rings is 1. The van der Waals surface area contributed by atoms with E-state index in [1.165, 1.54) is 5.56 Å². The fourth-order valence-corrected chi connectivity index (χ4v) is 2.18. The summed E-state index contributed by atoms with van der Waals surface area (Å²) in [4.78, 5) is 2.15. The summed E-state index contributed by atoms with van der Waals surface area (Å²) >= 11 is 1.71. The van der Waals surface area contributed by atoms with Crippen LogP contribution in [0.15, 0.2) is 29.5 Å². The van der Waals surface area contributed by atoms with E-state index in [9.17, 15) is 5.11 Å². The van der Waals surface area contributed by atoms with Crippen LogP contribution in [0.4, 0.5) is 0 Å². The third kappa shape index (κ3) is 5.11. The van der Waals surface area contributed by atoms with Crippen molar-refractivity contribution in [3.63, 3.8) is 0 Å². The van der Waals surface area contributed by atoms with Crippen LogP contribution in [-0.4, -0.2) is 29.7 Å². The third-order valence-electron chi connectivity index (χ3n) is 2.26. The Kier molecular flexibility index (Phi) is 5.61. The lowest BCUT2D eigenvalue weighted by molar-refractivity contribution is 0.116. The van der Waals surface area contributed by atoms with Crippen LogP contribution in [0.25, 0.3) is 0 Å². The van der Waals surface area contributed by atoms with Crippen molar-refractivity contribution < 1.29 is 5.11 Å². The van der Waals surface area contributed by atoms with Crippen LogP contribution in [0.5, 0.6) is 0 Å². The van der Waals surface area contributed by atoms with Crippen LogP contribution >= 0.6 is 11.3 Å². The van der Waals surface area contributed by atoms with Gasteiger partial charge in [-0.1, -0.05) is 6.08 Å². The quantitative estimate of drug-likeness (QED) is 0.721. The Hall–Kier alpha value is -0.640. The van der Waals surface area contributed by atoms with Crippen LogP contribution in [0.2, 0.25) is 0 Å². The van der Waals surface area contributed by atoms with Crippen molar-refractivity contribution in [3.05, 3.63) is 35.0 Å². The van der Waals surface area contributed by atoms with Gasteiger partial charge >= 0.3 is 0 Å². The number of nitrogens with zero attached hydrogens (tertiary/aromatic N) is 1. The van der Waals surface area contributed by atoms with Gasteiger partial charge in [-0.05, 0) is 42.3 Å². The number of likely N-dealkylation sites (N-methyl/N-ethyl adjacent to an activating group) is 1. The fraction of sp³-hybridized carbons (Fsp3) is 0.500. The van der Waals surface area contributed by atoms with Crippen LogP contribution in [0.1, 0.15) is 18.4 Å². The van der Waals surface area contributed by atoms with E-state index in [2.05, 4.69) is 28.3 Å². The van der Waals surface area contributed by atoms with Crippen molar-refractivity contribution in [1.29, 1.82) is 0 Å². The molecule has 0 saturated heterocycles. The smallest absolute Gasteiger partial charge is 0.0670 e. The Bertz CT molecular complexity index is 271. The molecule has 0 radical (unpaired) electrons. The van der Waals surface area contributed by atoms with Crippen LogP contribution in [0, 0.1) is 0 Å². The molecule has 1 unspecified atom stereocenters. The van der Waals surface area contributed by atoms with Gasteiger partial charge in [-0.3, -0.25) is 4.90 Å². The third-order valence-corrected chi connectivity index (χ3v) is 2.99. The molecule has 84 valence electrons. The number of hydrogen-bond donors (Lipinski definition) is 1. The summed E-state index contributed by atoms with van der Waals surface area (Å²) in [5.74, 6) is 0. The van der Waals surface area contributed by atoms with Gasteiger partial charge in [-0.25, -0.2) is 0 Å². The normalized spacial score (nSPS) is 13.0. The first-order valence-corrected chi connectivity index (χ1v) is 6.15. The highest BCUT2D eigenvalue weighted by Gasteiger charge is 2.07. The zero-order valence-corrected chi connectivity index (χ0v) is 10.0. The SMILES string of the molecule is C=CCCC(O)CN(C)Cc1ccsc1. The van der Waals surface area contributed by atoms with Gasteiger partial charge < -0.3 is 5.11 Å². The van der Waals surface area contributed by atoms with Gasteiger partial charge in [0.25, 0.3) is 0 Å². The predicted molar refractivity (Wildman–Crippen MR) is 66.1 cm³/mol. The van der Waals surface area contributed by atoms with Gasteiger partial charge in [-0.15, -0.1) is 6.58 Å². The topological polar surface area (TPSA) is 23.5 Å². The molecule has 1 heterocycles. The lowest BCUT2D eigenvalue weighted by Gasteiger charge is -2.19.